The van der Waals surface area contributed by atoms with Crippen LogP contribution < -0.4 is 5.32 Å². The smallest absolute Gasteiger partial charge is 0.271 e. The van der Waals surface area contributed by atoms with Crippen LogP contribution in [0.15, 0.2) is 18.2 Å². The van der Waals surface area contributed by atoms with Crippen molar-refractivity contribution in [1.82, 2.24) is 15.2 Å². The Balaban J connectivity index is 1.24. The van der Waals surface area contributed by atoms with Crippen molar-refractivity contribution in [3.63, 3.8) is 0 Å². The van der Waals surface area contributed by atoms with Gasteiger partial charge < -0.3 is 15.2 Å². The van der Waals surface area contributed by atoms with E-state index < -0.39 is 12.1 Å². The van der Waals surface area contributed by atoms with Gasteiger partial charge in [-0.3, -0.25) is 19.2 Å². The number of hydrogen-bond acceptors (Lipinski definition) is 4. The molecule has 2 N–H and O–H groups in total. The maximum atomic E-state index is 13.8. The molecule has 1 aromatic heterocycles. The number of likely N-dealkylation sites (tertiary alicyclic amines) is 1. The molecule has 38 heavy (non-hydrogen) atoms. The van der Waals surface area contributed by atoms with Gasteiger partial charge in [-0.15, -0.1) is 0 Å². The number of fused-ring (bicyclic) bond motifs is 2. The Morgan fingerprint density at radius 1 is 1.18 bits per heavy atom. The summed E-state index contributed by atoms with van der Waals surface area (Å²) in [7, 11) is 0. The third-order valence-corrected chi connectivity index (χ3v) is 10.0. The lowest BCUT2D eigenvalue weighted by Crippen LogP contribution is -2.53. The number of ketones is 2. The van der Waals surface area contributed by atoms with E-state index >= 15 is 0 Å². The summed E-state index contributed by atoms with van der Waals surface area (Å²) in [6.45, 7) is 2.29. The lowest BCUT2D eigenvalue weighted by atomic mass is 9.91. The van der Waals surface area contributed by atoms with Crippen LogP contribution in [0.2, 0.25) is 10.0 Å². The minimum Gasteiger partial charge on any atom is -0.350 e. The number of hydrogen-bond donors (Lipinski definition) is 2. The predicted molar refractivity (Wildman–Crippen MR) is 145 cm³/mol. The van der Waals surface area contributed by atoms with Crippen molar-refractivity contribution in [3.8, 4) is 0 Å². The number of nitrogens with zero attached hydrogens (tertiary/aromatic N) is 1. The van der Waals surface area contributed by atoms with Crippen LogP contribution in [0.1, 0.15) is 75.2 Å². The maximum Gasteiger partial charge on any atom is 0.271 e. The zero-order chi connectivity index (χ0) is 26.8. The summed E-state index contributed by atoms with van der Waals surface area (Å²) < 4.78 is 0. The molecule has 0 radical (unpaired) electrons. The third kappa shape index (κ3) is 4.56. The normalized spacial score (nSPS) is 28.2. The quantitative estimate of drug-likeness (QED) is 0.480. The molecule has 3 saturated carbocycles. The Kier molecular flexibility index (Phi) is 6.58. The van der Waals surface area contributed by atoms with Gasteiger partial charge in [0.15, 0.2) is 5.78 Å². The van der Waals surface area contributed by atoms with Crippen molar-refractivity contribution >= 4 is 57.5 Å². The van der Waals surface area contributed by atoms with Gasteiger partial charge in [0.1, 0.15) is 17.5 Å². The molecule has 4 fully saturated rings. The van der Waals surface area contributed by atoms with Crippen LogP contribution in [0, 0.1) is 23.2 Å². The highest BCUT2D eigenvalue weighted by Crippen LogP contribution is 2.59. The second-order valence-corrected chi connectivity index (χ2v) is 12.8. The van der Waals surface area contributed by atoms with Crippen molar-refractivity contribution in [1.29, 1.82) is 0 Å². The van der Waals surface area contributed by atoms with Gasteiger partial charge >= 0.3 is 0 Å². The van der Waals surface area contributed by atoms with Crippen molar-refractivity contribution < 1.29 is 19.2 Å². The number of carbonyl (C=O) groups is 4. The van der Waals surface area contributed by atoms with E-state index in [1.54, 1.807) is 30.0 Å². The van der Waals surface area contributed by atoms with Gasteiger partial charge in [0, 0.05) is 41.2 Å². The first-order valence-electron chi connectivity index (χ1n) is 13.8. The molecule has 6 rings (SSSR count). The first kappa shape index (κ1) is 25.9. The molecule has 0 bridgehead atoms. The highest BCUT2D eigenvalue weighted by molar-refractivity contribution is 6.38. The maximum absolute atomic E-state index is 13.8. The molecule has 202 valence electrons. The molecule has 0 unspecified atom stereocenters. The fourth-order valence-corrected chi connectivity index (χ4v) is 7.88. The molecule has 5 atom stereocenters. The molecule has 4 aliphatic rings. The number of benzene rings is 1. The van der Waals surface area contributed by atoms with E-state index in [4.69, 9.17) is 23.2 Å². The van der Waals surface area contributed by atoms with E-state index in [0.29, 0.717) is 46.0 Å². The van der Waals surface area contributed by atoms with Gasteiger partial charge in [-0.25, -0.2) is 0 Å². The van der Waals surface area contributed by atoms with Gasteiger partial charge in [-0.1, -0.05) is 36.5 Å². The Labute approximate surface area is 232 Å². The molecule has 2 heterocycles. The molecule has 2 aromatic rings. The SMILES string of the molecule is CCC(=O)[C@H](C[C@@H]1CC2(CC2)CC1=O)NC(=O)[C@@H]1[C@H]2CCC[C@H]2CN1C(=O)c1cc2c(Cl)cc(Cl)cc2[nH]1. The fraction of sp³-hybridized carbons (Fsp3) is 0.586. The number of amides is 2. The first-order chi connectivity index (χ1) is 18.2. The second kappa shape index (κ2) is 9.67. The summed E-state index contributed by atoms with van der Waals surface area (Å²) in [5, 5.41) is 4.63. The summed E-state index contributed by atoms with van der Waals surface area (Å²) in [4.78, 5) is 58.0. The number of rotatable bonds is 7. The third-order valence-electron chi connectivity index (χ3n) is 9.52. The summed E-state index contributed by atoms with van der Waals surface area (Å²) in [5.41, 5.74) is 1.17. The fourth-order valence-electron chi connectivity index (χ4n) is 7.33. The summed E-state index contributed by atoms with van der Waals surface area (Å²) in [6, 6.07) is 3.71. The van der Waals surface area contributed by atoms with E-state index in [1.165, 1.54) is 0 Å². The number of H-pyrrole nitrogens is 1. The minimum atomic E-state index is -0.707. The molecule has 2 amide bonds. The zero-order valence-electron chi connectivity index (χ0n) is 21.5. The molecule has 1 saturated heterocycles. The van der Waals surface area contributed by atoms with Crippen LogP contribution >= 0.6 is 23.2 Å². The standard InChI is InChI=1S/C29H33Cl2N3O4/c1-2-24(35)22(8-16-12-29(6-7-29)13-25(16)36)33-27(37)26-18-5-3-4-15(18)14-34(26)28(38)23-11-19-20(31)9-17(30)10-21(19)32-23/h9-11,15-16,18,22,26,32H,2-8,12-14H2,1H3,(H,33,37)/t15-,16+,18-,22-,26-/m0/s1. The molecule has 7 nitrogen and oxygen atoms in total. The lowest BCUT2D eigenvalue weighted by molar-refractivity contribution is -0.131. The molecule has 1 spiro atoms. The average molecular weight is 559 g/mol. The van der Waals surface area contributed by atoms with Crippen LogP contribution in [-0.4, -0.2) is 51.9 Å². The van der Waals surface area contributed by atoms with Gasteiger partial charge in [-0.05, 0) is 74.0 Å². The molecule has 1 aromatic carbocycles. The number of halogens is 2. The largest absolute Gasteiger partial charge is 0.350 e. The average Bonchev–Trinajstić information content (AvgIpc) is 3.24. The Bertz CT molecular complexity index is 1330. The van der Waals surface area contributed by atoms with Crippen LogP contribution in [0.3, 0.4) is 0 Å². The number of Topliss-reactive ketones (excluding diaryl/α,β-unsaturated/α-hetero) is 2. The molecule has 1 aliphatic heterocycles. The highest BCUT2D eigenvalue weighted by Gasteiger charge is 2.53. The number of aromatic amines is 1. The summed E-state index contributed by atoms with van der Waals surface area (Å²) >= 11 is 12.5. The highest BCUT2D eigenvalue weighted by atomic mass is 35.5. The van der Waals surface area contributed by atoms with Crippen LogP contribution in [0.5, 0.6) is 0 Å². The lowest BCUT2D eigenvalue weighted by Gasteiger charge is -2.29. The van der Waals surface area contributed by atoms with Crippen molar-refractivity contribution in [3.05, 3.63) is 33.9 Å². The van der Waals surface area contributed by atoms with Crippen molar-refractivity contribution in [2.24, 2.45) is 23.2 Å². The first-order valence-corrected chi connectivity index (χ1v) is 14.6. The topological polar surface area (TPSA) is 99.3 Å². The van der Waals surface area contributed by atoms with Gasteiger partial charge in [-0.2, -0.15) is 0 Å². The molecule has 3 aliphatic carbocycles. The monoisotopic (exact) mass is 557 g/mol. The number of nitrogens with one attached hydrogen (secondary N) is 2. The van der Waals surface area contributed by atoms with Crippen molar-refractivity contribution in [2.45, 2.75) is 76.8 Å². The van der Waals surface area contributed by atoms with Gasteiger partial charge in [0.05, 0.1) is 11.1 Å². The minimum absolute atomic E-state index is 0.0570. The van der Waals surface area contributed by atoms with Gasteiger partial charge in [0.25, 0.3) is 5.91 Å². The van der Waals surface area contributed by atoms with E-state index in [9.17, 15) is 19.2 Å². The number of carbonyl (C=O) groups excluding carboxylic acids is 4. The van der Waals surface area contributed by atoms with Crippen LogP contribution in [-0.2, 0) is 14.4 Å². The Morgan fingerprint density at radius 3 is 2.68 bits per heavy atom. The van der Waals surface area contributed by atoms with E-state index in [2.05, 4.69) is 10.3 Å². The molecular weight excluding hydrogens is 525 g/mol. The summed E-state index contributed by atoms with van der Waals surface area (Å²) in [5.74, 6) is -0.265. The second-order valence-electron chi connectivity index (χ2n) is 11.9. The molecular formula is C29H33Cl2N3O4. The van der Waals surface area contributed by atoms with E-state index in [1.807, 2.05) is 0 Å². The van der Waals surface area contributed by atoms with Crippen LogP contribution in [0.4, 0.5) is 0 Å². The Hall–Kier alpha value is -2.38. The van der Waals surface area contributed by atoms with E-state index in [-0.39, 0.29) is 53.0 Å². The number of aromatic nitrogens is 1. The Morgan fingerprint density at radius 2 is 1.97 bits per heavy atom. The van der Waals surface area contributed by atoms with E-state index in [0.717, 1.165) is 38.5 Å². The van der Waals surface area contributed by atoms with Crippen molar-refractivity contribution in [2.75, 3.05) is 6.54 Å². The summed E-state index contributed by atoms with van der Waals surface area (Å²) in [6.07, 6.45) is 7.11. The van der Waals surface area contributed by atoms with Gasteiger partial charge in [0.2, 0.25) is 5.91 Å². The van der Waals surface area contributed by atoms with Crippen LogP contribution in [0.25, 0.3) is 10.9 Å². The zero-order valence-corrected chi connectivity index (χ0v) is 23.0. The predicted octanol–water partition coefficient (Wildman–Crippen LogP) is 5.33. The molecule has 9 heteroatoms.